The molecule has 0 aliphatic rings. The molecule has 0 aliphatic carbocycles. The van der Waals surface area contributed by atoms with Gasteiger partial charge in [-0.3, -0.25) is 4.79 Å². The van der Waals surface area contributed by atoms with Crippen molar-refractivity contribution in [1.82, 2.24) is 5.32 Å². The van der Waals surface area contributed by atoms with Gasteiger partial charge in [0.2, 0.25) is 0 Å². The zero-order valence-corrected chi connectivity index (χ0v) is 11.9. The summed E-state index contributed by atoms with van der Waals surface area (Å²) in [4.78, 5) is 11.9. The second-order valence-corrected chi connectivity index (χ2v) is 5.63. The van der Waals surface area contributed by atoms with E-state index in [2.05, 4.69) is 21.2 Å². The van der Waals surface area contributed by atoms with Crippen LogP contribution in [0.5, 0.6) is 0 Å². The molecule has 0 unspecified atom stereocenters. The van der Waals surface area contributed by atoms with Gasteiger partial charge in [0.15, 0.2) is 0 Å². The maximum Gasteiger partial charge on any atom is 0.254 e. The van der Waals surface area contributed by atoms with E-state index < -0.39 is 5.82 Å². The molecule has 2 nitrogen and oxygen atoms in total. The molecular weight excluding hydrogens is 285 g/mol. The van der Waals surface area contributed by atoms with Crippen molar-refractivity contribution in [3.05, 3.63) is 34.1 Å². The molecule has 1 rings (SSSR count). The minimum atomic E-state index is -0.502. The molecular formula is C13H17BrFNO. The molecule has 1 aromatic carbocycles. The highest BCUT2D eigenvalue weighted by Crippen LogP contribution is 2.17. The Labute approximate surface area is 110 Å². The summed E-state index contributed by atoms with van der Waals surface area (Å²) in [5.74, 6) is -0.875. The lowest BCUT2D eigenvalue weighted by Crippen LogP contribution is -2.43. The number of carbonyl (C=O) groups is 1. The van der Waals surface area contributed by atoms with Crippen LogP contribution in [-0.4, -0.2) is 11.4 Å². The number of rotatable bonds is 4. The van der Waals surface area contributed by atoms with E-state index >= 15 is 0 Å². The fraction of sp³-hybridized carbons (Fsp3) is 0.462. The van der Waals surface area contributed by atoms with Gasteiger partial charge in [-0.2, -0.15) is 0 Å². The summed E-state index contributed by atoms with van der Waals surface area (Å²) in [5.41, 5.74) is -0.246. The third-order valence-corrected chi connectivity index (χ3v) is 2.99. The number of benzene rings is 1. The Hall–Kier alpha value is -0.900. The SMILES string of the molecule is CCCC(C)(C)NC(=O)c1cc(Br)ccc1F. The maximum atomic E-state index is 13.5. The van der Waals surface area contributed by atoms with Crippen molar-refractivity contribution in [3.63, 3.8) is 0 Å². The molecule has 17 heavy (non-hydrogen) atoms. The van der Waals surface area contributed by atoms with E-state index in [4.69, 9.17) is 0 Å². The summed E-state index contributed by atoms with van der Waals surface area (Å²) in [6.45, 7) is 5.92. The summed E-state index contributed by atoms with van der Waals surface area (Å²) in [5, 5.41) is 2.84. The van der Waals surface area contributed by atoms with Gasteiger partial charge in [0, 0.05) is 10.0 Å². The first kappa shape index (κ1) is 14.2. The van der Waals surface area contributed by atoms with Crippen LogP contribution in [0.3, 0.4) is 0 Å². The van der Waals surface area contributed by atoms with Crippen molar-refractivity contribution in [3.8, 4) is 0 Å². The fourth-order valence-electron chi connectivity index (χ4n) is 1.73. The highest BCUT2D eigenvalue weighted by molar-refractivity contribution is 9.10. The molecule has 0 atom stereocenters. The number of halogens is 2. The largest absolute Gasteiger partial charge is 0.347 e. The van der Waals surface area contributed by atoms with E-state index in [1.807, 2.05) is 20.8 Å². The molecule has 0 radical (unpaired) electrons. The summed E-state index contributed by atoms with van der Waals surface area (Å²) < 4.78 is 14.2. The van der Waals surface area contributed by atoms with Crippen LogP contribution in [0, 0.1) is 5.82 Å². The van der Waals surface area contributed by atoms with Crippen LogP contribution in [0.15, 0.2) is 22.7 Å². The van der Waals surface area contributed by atoms with Crippen LogP contribution in [0.4, 0.5) is 4.39 Å². The Morgan fingerprint density at radius 3 is 2.71 bits per heavy atom. The number of nitrogens with one attached hydrogen (secondary N) is 1. The third kappa shape index (κ3) is 4.11. The molecule has 0 aromatic heterocycles. The summed E-state index contributed by atoms with van der Waals surface area (Å²) in [7, 11) is 0. The minimum absolute atomic E-state index is 0.0727. The second-order valence-electron chi connectivity index (χ2n) is 4.71. The van der Waals surface area contributed by atoms with E-state index in [9.17, 15) is 9.18 Å². The number of carbonyl (C=O) groups excluding carboxylic acids is 1. The Kier molecular flexibility index (Phi) is 4.69. The maximum absolute atomic E-state index is 13.5. The van der Waals surface area contributed by atoms with Crippen molar-refractivity contribution in [2.45, 2.75) is 39.2 Å². The van der Waals surface area contributed by atoms with Gasteiger partial charge < -0.3 is 5.32 Å². The number of hydrogen-bond donors (Lipinski definition) is 1. The Morgan fingerprint density at radius 1 is 1.47 bits per heavy atom. The monoisotopic (exact) mass is 301 g/mol. The molecule has 0 bridgehead atoms. The molecule has 4 heteroatoms. The average Bonchev–Trinajstić information content (AvgIpc) is 2.20. The van der Waals surface area contributed by atoms with E-state index in [1.165, 1.54) is 12.1 Å². The van der Waals surface area contributed by atoms with Crippen molar-refractivity contribution in [2.75, 3.05) is 0 Å². The molecule has 0 heterocycles. The third-order valence-electron chi connectivity index (χ3n) is 2.50. The van der Waals surface area contributed by atoms with Crippen LogP contribution < -0.4 is 5.32 Å². The molecule has 0 saturated heterocycles. The molecule has 0 saturated carbocycles. The second kappa shape index (κ2) is 5.63. The van der Waals surface area contributed by atoms with Gasteiger partial charge in [-0.05, 0) is 38.5 Å². The smallest absolute Gasteiger partial charge is 0.254 e. The lowest BCUT2D eigenvalue weighted by molar-refractivity contribution is 0.0905. The summed E-state index contributed by atoms with van der Waals surface area (Å²) in [6.07, 6.45) is 1.82. The molecule has 1 amide bonds. The molecule has 94 valence electrons. The minimum Gasteiger partial charge on any atom is -0.347 e. The van der Waals surface area contributed by atoms with Crippen molar-refractivity contribution < 1.29 is 9.18 Å². The first-order chi connectivity index (χ1) is 7.85. The molecule has 0 fully saturated rings. The van der Waals surface area contributed by atoms with Crippen LogP contribution in [0.25, 0.3) is 0 Å². The van der Waals surface area contributed by atoms with Gasteiger partial charge in [-0.1, -0.05) is 29.3 Å². The molecule has 0 aliphatic heterocycles. The average molecular weight is 302 g/mol. The van der Waals surface area contributed by atoms with Crippen LogP contribution in [0.2, 0.25) is 0 Å². The zero-order chi connectivity index (χ0) is 13.1. The van der Waals surface area contributed by atoms with Crippen LogP contribution in [0.1, 0.15) is 44.0 Å². The standard InChI is InChI=1S/C13H17BrFNO/c1-4-7-13(2,3)16-12(17)10-8-9(14)5-6-11(10)15/h5-6,8H,4,7H2,1-3H3,(H,16,17). The highest BCUT2D eigenvalue weighted by Gasteiger charge is 2.21. The van der Waals surface area contributed by atoms with Crippen molar-refractivity contribution in [2.24, 2.45) is 0 Å². The number of amides is 1. The first-order valence-electron chi connectivity index (χ1n) is 5.63. The van der Waals surface area contributed by atoms with Gasteiger partial charge in [-0.25, -0.2) is 4.39 Å². The summed E-state index contributed by atoms with van der Waals surface area (Å²) in [6, 6.07) is 4.35. The van der Waals surface area contributed by atoms with Gasteiger partial charge in [-0.15, -0.1) is 0 Å². The van der Waals surface area contributed by atoms with Crippen molar-refractivity contribution >= 4 is 21.8 Å². The topological polar surface area (TPSA) is 29.1 Å². The lowest BCUT2D eigenvalue weighted by Gasteiger charge is -2.25. The molecule has 1 aromatic rings. The highest BCUT2D eigenvalue weighted by atomic mass is 79.9. The van der Waals surface area contributed by atoms with E-state index in [-0.39, 0.29) is 17.0 Å². The Bertz CT molecular complexity index is 418. The van der Waals surface area contributed by atoms with E-state index in [1.54, 1.807) is 6.07 Å². The Balaban J connectivity index is 2.86. The van der Waals surface area contributed by atoms with Gasteiger partial charge in [0.05, 0.1) is 5.56 Å². The van der Waals surface area contributed by atoms with Gasteiger partial charge in [0.1, 0.15) is 5.82 Å². The predicted molar refractivity (Wildman–Crippen MR) is 70.6 cm³/mol. The Morgan fingerprint density at radius 2 is 2.12 bits per heavy atom. The first-order valence-corrected chi connectivity index (χ1v) is 6.42. The predicted octanol–water partition coefficient (Wildman–Crippen LogP) is 3.90. The van der Waals surface area contributed by atoms with Gasteiger partial charge >= 0.3 is 0 Å². The number of hydrogen-bond acceptors (Lipinski definition) is 1. The van der Waals surface area contributed by atoms with Crippen molar-refractivity contribution in [1.29, 1.82) is 0 Å². The van der Waals surface area contributed by atoms with Crippen LogP contribution >= 0.6 is 15.9 Å². The fourth-order valence-corrected chi connectivity index (χ4v) is 2.09. The zero-order valence-electron chi connectivity index (χ0n) is 10.3. The lowest BCUT2D eigenvalue weighted by atomic mass is 9.98. The quantitative estimate of drug-likeness (QED) is 0.898. The van der Waals surface area contributed by atoms with E-state index in [0.717, 1.165) is 12.8 Å². The van der Waals surface area contributed by atoms with Crippen LogP contribution in [-0.2, 0) is 0 Å². The summed E-state index contributed by atoms with van der Waals surface area (Å²) >= 11 is 3.23. The molecule has 0 spiro atoms. The van der Waals surface area contributed by atoms with E-state index in [0.29, 0.717) is 4.47 Å². The normalized spacial score (nSPS) is 11.4. The van der Waals surface area contributed by atoms with Gasteiger partial charge in [0.25, 0.3) is 5.91 Å². The molecule has 1 N–H and O–H groups in total.